The third-order valence-corrected chi connectivity index (χ3v) is 4.55. The van der Waals surface area contributed by atoms with Crippen LogP contribution in [-0.2, 0) is 21.3 Å². The van der Waals surface area contributed by atoms with Gasteiger partial charge in [0.15, 0.2) is 0 Å². The second-order valence-electron chi connectivity index (χ2n) is 4.46. The molecule has 2 atom stereocenters. The van der Waals surface area contributed by atoms with Gasteiger partial charge in [-0.3, -0.25) is 0 Å². The van der Waals surface area contributed by atoms with Crippen molar-refractivity contribution in [3.05, 3.63) is 17.9 Å². The van der Waals surface area contributed by atoms with E-state index in [2.05, 4.69) is 4.72 Å². The smallest absolute Gasteiger partial charge is 0.274 e. The van der Waals surface area contributed by atoms with Crippen LogP contribution in [0.4, 0.5) is 0 Å². The van der Waals surface area contributed by atoms with Crippen LogP contribution in [0.3, 0.4) is 0 Å². The molecule has 2 unspecified atom stereocenters. The van der Waals surface area contributed by atoms with Crippen molar-refractivity contribution in [1.29, 1.82) is 0 Å². The normalized spacial score (nSPS) is 22.2. The fraction of sp³-hybridized carbons (Fsp3) is 0.636. The molecule has 0 spiro atoms. The molecular weight excluding hydrogens is 256 g/mol. The molecule has 18 heavy (non-hydrogen) atoms. The lowest BCUT2D eigenvalue weighted by atomic mass is 10.0. The molecule has 1 aliphatic rings. The Morgan fingerprint density at radius 1 is 1.56 bits per heavy atom. The van der Waals surface area contributed by atoms with E-state index in [1.165, 1.54) is 6.07 Å². The van der Waals surface area contributed by atoms with Crippen LogP contribution in [0.15, 0.2) is 21.6 Å². The van der Waals surface area contributed by atoms with Crippen LogP contribution < -0.4 is 10.5 Å². The highest BCUT2D eigenvalue weighted by Gasteiger charge is 2.28. The van der Waals surface area contributed by atoms with Gasteiger partial charge in [-0.15, -0.1) is 0 Å². The van der Waals surface area contributed by atoms with Gasteiger partial charge in [-0.2, -0.15) is 0 Å². The minimum atomic E-state index is -3.61. The molecule has 2 rings (SSSR count). The third kappa shape index (κ3) is 2.92. The topological polar surface area (TPSA) is 94.6 Å². The van der Waals surface area contributed by atoms with Crippen molar-refractivity contribution >= 4 is 10.0 Å². The summed E-state index contributed by atoms with van der Waals surface area (Å²) in [5.41, 5.74) is 5.38. The van der Waals surface area contributed by atoms with E-state index in [4.69, 9.17) is 14.9 Å². The summed E-state index contributed by atoms with van der Waals surface area (Å²) in [6, 6.07) is 2.81. The maximum Gasteiger partial charge on any atom is 0.274 e. The standard InChI is InChI=1S/C11H18N2O4S/c1-8(9-4-5-16-7-9)13-18(14,15)11-3-2-10(6-12)17-11/h2-3,8-9,13H,4-7,12H2,1H3. The van der Waals surface area contributed by atoms with Gasteiger partial charge < -0.3 is 14.9 Å². The molecule has 1 aromatic heterocycles. The molecule has 1 aromatic rings. The Kier molecular flexibility index (Phi) is 4.06. The predicted molar refractivity (Wildman–Crippen MR) is 65.3 cm³/mol. The summed E-state index contributed by atoms with van der Waals surface area (Å²) in [5, 5.41) is -0.0892. The molecule has 0 saturated carbocycles. The molecule has 2 heterocycles. The van der Waals surface area contributed by atoms with Crippen LogP contribution >= 0.6 is 0 Å². The molecule has 1 saturated heterocycles. The average Bonchev–Trinajstić information content (AvgIpc) is 3.00. The summed E-state index contributed by atoms with van der Waals surface area (Å²) >= 11 is 0. The van der Waals surface area contributed by atoms with E-state index in [0.29, 0.717) is 19.0 Å². The molecule has 0 radical (unpaired) electrons. The molecule has 6 nitrogen and oxygen atoms in total. The van der Waals surface area contributed by atoms with E-state index < -0.39 is 10.0 Å². The highest BCUT2D eigenvalue weighted by Crippen LogP contribution is 2.19. The fourth-order valence-electron chi connectivity index (χ4n) is 1.96. The first-order valence-electron chi connectivity index (χ1n) is 5.92. The molecular formula is C11H18N2O4S. The van der Waals surface area contributed by atoms with E-state index in [9.17, 15) is 8.42 Å². The summed E-state index contributed by atoms with van der Waals surface area (Å²) < 4.78 is 37.1. The first-order chi connectivity index (χ1) is 8.53. The Morgan fingerprint density at radius 3 is 2.89 bits per heavy atom. The van der Waals surface area contributed by atoms with Crippen LogP contribution in [0.25, 0.3) is 0 Å². The molecule has 1 aliphatic heterocycles. The van der Waals surface area contributed by atoms with E-state index in [0.717, 1.165) is 6.42 Å². The van der Waals surface area contributed by atoms with Crippen molar-refractivity contribution in [1.82, 2.24) is 4.72 Å². The highest BCUT2D eigenvalue weighted by molar-refractivity contribution is 7.89. The zero-order valence-electron chi connectivity index (χ0n) is 10.3. The first-order valence-corrected chi connectivity index (χ1v) is 7.40. The largest absolute Gasteiger partial charge is 0.447 e. The van der Waals surface area contributed by atoms with Crippen LogP contribution in [0.1, 0.15) is 19.1 Å². The second kappa shape index (κ2) is 5.40. The Labute approximate surface area is 107 Å². The van der Waals surface area contributed by atoms with Gasteiger partial charge in [0.2, 0.25) is 5.09 Å². The van der Waals surface area contributed by atoms with Crippen LogP contribution in [0.2, 0.25) is 0 Å². The lowest BCUT2D eigenvalue weighted by Crippen LogP contribution is -2.38. The van der Waals surface area contributed by atoms with Gasteiger partial charge >= 0.3 is 0 Å². The molecule has 1 fully saturated rings. The first kappa shape index (κ1) is 13.5. The monoisotopic (exact) mass is 274 g/mol. The Hall–Kier alpha value is -0.890. The molecule has 7 heteroatoms. The van der Waals surface area contributed by atoms with Crippen LogP contribution in [-0.4, -0.2) is 27.7 Å². The zero-order chi connectivity index (χ0) is 13.2. The number of sulfonamides is 1. The number of nitrogens with one attached hydrogen (secondary N) is 1. The molecule has 102 valence electrons. The summed E-state index contributed by atoms with van der Waals surface area (Å²) in [4.78, 5) is 0. The lowest BCUT2D eigenvalue weighted by Gasteiger charge is -2.18. The van der Waals surface area contributed by atoms with Crippen LogP contribution in [0, 0.1) is 5.92 Å². The lowest BCUT2D eigenvalue weighted by molar-refractivity contribution is 0.180. The third-order valence-electron chi connectivity index (χ3n) is 3.12. The SMILES string of the molecule is CC(NS(=O)(=O)c1ccc(CN)o1)C1CCOC1. The summed E-state index contributed by atoms with van der Waals surface area (Å²) in [6.07, 6.45) is 0.871. The number of hydrogen-bond donors (Lipinski definition) is 2. The Morgan fingerprint density at radius 2 is 2.33 bits per heavy atom. The van der Waals surface area contributed by atoms with E-state index in [1.54, 1.807) is 6.07 Å². The Balaban J connectivity index is 2.06. The Bertz CT molecular complexity index is 491. The maximum atomic E-state index is 12.0. The number of nitrogens with two attached hydrogens (primary N) is 1. The van der Waals surface area contributed by atoms with Gasteiger partial charge in [-0.05, 0) is 25.5 Å². The fourth-order valence-corrected chi connectivity index (χ4v) is 3.22. The molecule has 0 aromatic carbocycles. The van der Waals surface area contributed by atoms with Gasteiger partial charge in [-0.1, -0.05) is 0 Å². The number of ether oxygens (including phenoxy) is 1. The van der Waals surface area contributed by atoms with Crippen LogP contribution in [0.5, 0.6) is 0 Å². The maximum absolute atomic E-state index is 12.0. The minimum Gasteiger partial charge on any atom is -0.447 e. The summed E-state index contributed by atoms with van der Waals surface area (Å²) in [5.74, 6) is 0.663. The number of hydrogen-bond acceptors (Lipinski definition) is 5. The molecule has 3 N–H and O–H groups in total. The van der Waals surface area contributed by atoms with Crippen molar-refractivity contribution < 1.29 is 17.6 Å². The van der Waals surface area contributed by atoms with Crippen molar-refractivity contribution in [3.8, 4) is 0 Å². The molecule has 0 bridgehead atoms. The van der Waals surface area contributed by atoms with E-state index in [-0.39, 0.29) is 23.6 Å². The predicted octanol–water partition coefficient (Wildman–Crippen LogP) is 0.442. The van der Waals surface area contributed by atoms with Crippen molar-refractivity contribution in [2.45, 2.75) is 31.0 Å². The van der Waals surface area contributed by atoms with Gasteiger partial charge in [0.25, 0.3) is 10.0 Å². The van der Waals surface area contributed by atoms with Gasteiger partial charge in [-0.25, -0.2) is 13.1 Å². The zero-order valence-corrected chi connectivity index (χ0v) is 11.1. The van der Waals surface area contributed by atoms with Crippen molar-refractivity contribution in [3.63, 3.8) is 0 Å². The molecule has 0 amide bonds. The number of rotatable bonds is 5. The van der Waals surface area contributed by atoms with Crippen molar-refractivity contribution in [2.24, 2.45) is 11.7 Å². The molecule has 0 aliphatic carbocycles. The summed E-state index contributed by atoms with van der Waals surface area (Å²) in [6.45, 7) is 3.30. The number of furan rings is 1. The average molecular weight is 274 g/mol. The van der Waals surface area contributed by atoms with Gasteiger partial charge in [0, 0.05) is 18.6 Å². The van der Waals surface area contributed by atoms with Crippen molar-refractivity contribution in [2.75, 3.05) is 13.2 Å². The quantitative estimate of drug-likeness (QED) is 0.812. The summed E-state index contributed by atoms with van der Waals surface area (Å²) in [7, 11) is -3.61. The van der Waals surface area contributed by atoms with E-state index >= 15 is 0 Å². The van der Waals surface area contributed by atoms with E-state index in [1.807, 2.05) is 6.92 Å². The second-order valence-corrected chi connectivity index (χ2v) is 6.10. The van der Waals surface area contributed by atoms with Gasteiger partial charge in [0.05, 0.1) is 13.2 Å². The minimum absolute atomic E-state index is 0.0892. The highest BCUT2D eigenvalue weighted by atomic mass is 32.2. The van der Waals surface area contributed by atoms with Gasteiger partial charge in [0.1, 0.15) is 5.76 Å².